The molecule has 42 heavy (non-hydrogen) atoms. The third-order valence-corrected chi connectivity index (χ3v) is 8.82. The molecule has 6 rings (SSSR count). The van der Waals surface area contributed by atoms with Gasteiger partial charge in [-0.1, -0.05) is 48.9 Å². The van der Waals surface area contributed by atoms with Crippen molar-refractivity contribution in [3.8, 4) is 11.5 Å². The van der Waals surface area contributed by atoms with Crippen LogP contribution in [0.3, 0.4) is 0 Å². The summed E-state index contributed by atoms with van der Waals surface area (Å²) in [6.07, 6.45) is 7.13. The molecule has 1 saturated heterocycles. The fourth-order valence-electron chi connectivity index (χ4n) is 5.65. The molecule has 1 aliphatic rings. The Morgan fingerprint density at radius 3 is 2.60 bits per heavy atom. The number of nitrogens with one attached hydrogen (secondary N) is 1. The van der Waals surface area contributed by atoms with Crippen molar-refractivity contribution in [1.29, 1.82) is 0 Å². The van der Waals surface area contributed by atoms with Gasteiger partial charge >= 0.3 is 0 Å². The summed E-state index contributed by atoms with van der Waals surface area (Å²) in [4.78, 5) is 8.20. The van der Waals surface area contributed by atoms with Gasteiger partial charge in [0.15, 0.2) is 11.5 Å². The lowest BCUT2D eigenvalue weighted by Crippen LogP contribution is -2.31. The number of likely N-dealkylation sites (tertiary alicyclic amines) is 1. The predicted molar refractivity (Wildman–Crippen MR) is 171 cm³/mol. The second-order valence-electron chi connectivity index (χ2n) is 10.8. The van der Waals surface area contributed by atoms with E-state index >= 15 is 4.39 Å². The third kappa shape index (κ3) is 6.63. The number of ether oxygens (including phenoxy) is 2. The molecule has 4 aromatic carbocycles. The van der Waals surface area contributed by atoms with E-state index in [0.29, 0.717) is 30.1 Å². The Hall–Kier alpha value is -3.81. The average Bonchev–Trinajstić information content (AvgIpc) is 3.03. The summed E-state index contributed by atoms with van der Waals surface area (Å²) < 4.78 is 30.5. The Morgan fingerprint density at radius 1 is 0.881 bits per heavy atom. The van der Waals surface area contributed by atoms with Crippen LogP contribution in [0.25, 0.3) is 21.7 Å². The molecular weight excluding hydrogens is 545 g/mol. The molecule has 2 heterocycles. The average molecular weight is 582 g/mol. The van der Waals surface area contributed by atoms with Gasteiger partial charge < -0.3 is 19.1 Å². The quantitative estimate of drug-likeness (QED) is 0.125. The molecule has 0 amide bonds. The molecule has 0 spiro atoms. The standard InChI is InChI=1S/C35H36FN3O2S/c1-40-33-23-30-26(15-16-37-32(30)24-34(33)41-20-8-19-39-17-5-2-6-18-39)21-27-13-14-28(22-31(27)36)38-42-35-12-7-10-25-9-3-4-11-29(25)35/h3-4,7,9-16,22-24,38H,2,5-6,8,17-21H2,1H3. The maximum Gasteiger partial charge on any atom is 0.163 e. The van der Waals surface area contributed by atoms with Crippen LogP contribution in [0.5, 0.6) is 11.5 Å². The van der Waals surface area contributed by atoms with Gasteiger partial charge in [-0.3, -0.25) is 4.98 Å². The molecule has 0 atom stereocenters. The van der Waals surface area contributed by atoms with Crippen molar-refractivity contribution < 1.29 is 13.9 Å². The smallest absolute Gasteiger partial charge is 0.163 e. The molecule has 1 aliphatic heterocycles. The summed E-state index contributed by atoms with van der Waals surface area (Å²) >= 11 is 1.49. The Kier molecular flexibility index (Phi) is 9.06. The van der Waals surface area contributed by atoms with Gasteiger partial charge in [0, 0.05) is 41.2 Å². The van der Waals surface area contributed by atoms with Gasteiger partial charge in [-0.25, -0.2) is 4.39 Å². The lowest BCUT2D eigenvalue weighted by molar-refractivity contribution is 0.203. The maximum atomic E-state index is 15.3. The summed E-state index contributed by atoms with van der Waals surface area (Å²) in [7, 11) is 1.65. The highest BCUT2D eigenvalue weighted by molar-refractivity contribution is 8.00. The van der Waals surface area contributed by atoms with Gasteiger partial charge in [-0.05, 0) is 96.5 Å². The van der Waals surface area contributed by atoms with Crippen LogP contribution < -0.4 is 14.2 Å². The molecular formula is C35H36FN3O2S. The van der Waals surface area contributed by atoms with E-state index < -0.39 is 0 Å². The van der Waals surface area contributed by atoms with Crippen molar-refractivity contribution in [3.63, 3.8) is 0 Å². The first-order valence-corrected chi connectivity index (χ1v) is 15.5. The Labute approximate surface area is 251 Å². The molecule has 0 unspecified atom stereocenters. The number of hydrogen-bond acceptors (Lipinski definition) is 6. The summed E-state index contributed by atoms with van der Waals surface area (Å²) in [6.45, 7) is 4.06. The second-order valence-corrected chi connectivity index (χ2v) is 11.6. The summed E-state index contributed by atoms with van der Waals surface area (Å²) in [6, 6.07) is 25.7. The van der Waals surface area contributed by atoms with Crippen LogP contribution in [-0.4, -0.2) is 43.2 Å². The zero-order valence-electron chi connectivity index (χ0n) is 23.9. The molecule has 1 N–H and O–H groups in total. The third-order valence-electron chi connectivity index (χ3n) is 7.90. The molecule has 0 radical (unpaired) electrons. The first-order valence-electron chi connectivity index (χ1n) is 14.7. The van der Waals surface area contributed by atoms with Crippen molar-refractivity contribution in [3.05, 3.63) is 102 Å². The normalized spacial score (nSPS) is 13.9. The SMILES string of the molecule is COc1cc2c(Cc3ccc(NSc4cccc5ccccc45)cc3F)ccnc2cc1OCCCN1CCCCC1. The van der Waals surface area contributed by atoms with Gasteiger partial charge in [0.25, 0.3) is 0 Å². The first-order chi connectivity index (χ1) is 20.7. The number of pyridine rings is 1. The van der Waals surface area contributed by atoms with E-state index in [1.807, 2.05) is 48.5 Å². The van der Waals surface area contributed by atoms with Gasteiger partial charge in [0.05, 0.1) is 19.2 Å². The van der Waals surface area contributed by atoms with Crippen LogP contribution in [-0.2, 0) is 6.42 Å². The minimum absolute atomic E-state index is 0.246. The molecule has 216 valence electrons. The van der Waals surface area contributed by atoms with Crippen LogP contribution in [0.15, 0.2) is 90.0 Å². The number of anilines is 1. The highest BCUT2D eigenvalue weighted by Crippen LogP contribution is 2.34. The highest BCUT2D eigenvalue weighted by atomic mass is 32.2. The molecule has 7 heteroatoms. The van der Waals surface area contributed by atoms with E-state index in [1.165, 1.54) is 55.1 Å². The molecule has 0 aliphatic carbocycles. The predicted octanol–water partition coefficient (Wildman–Crippen LogP) is 8.50. The first kappa shape index (κ1) is 28.3. The molecule has 1 fully saturated rings. The number of piperidine rings is 1. The van der Waals surface area contributed by atoms with Crippen LogP contribution in [0, 0.1) is 5.82 Å². The number of fused-ring (bicyclic) bond motifs is 2. The number of nitrogens with zero attached hydrogens (tertiary/aromatic N) is 2. The number of aromatic nitrogens is 1. The van der Waals surface area contributed by atoms with E-state index in [4.69, 9.17) is 9.47 Å². The van der Waals surface area contributed by atoms with Crippen LogP contribution >= 0.6 is 11.9 Å². The molecule has 0 bridgehead atoms. The molecule has 1 aromatic heterocycles. The summed E-state index contributed by atoms with van der Waals surface area (Å²) in [5.74, 6) is 1.11. The highest BCUT2D eigenvalue weighted by Gasteiger charge is 2.14. The fourth-order valence-corrected chi connectivity index (χ4v) is 6.45. The van der Waals surface area contributed by atoms with Gasteiger partial charge in [-0.2, -0.15) is 0 Å². The monoisotopic (exact) mass is 581 g/mol. The second kappa shape index (κ2) is 13.4. The molecule has 0 saturated carbocycles. The Bertz CT molecular complexity index is 1670. The number of benzene rings is 4. The van der Waals surface area contributed by atoms with E-state index in [1.54, 1.807) is 19.4 Å². The van der Waals surface area contributed by atoms with E-state index in [2.05, 4.69) is 38.9 Å². The maximum absolute atomic E-state index is 15.3. The van der Waals surface area contributed by atoms with Crippen molar-refractivity contribution in [1.82, 2.24) is 9.88 Å². The Morgan fingerprint density at radius 2 is 1.74 bits per heavy atom. The summed E-state index contributed by atoms with van der Waals surface area (Å²) in [5, 5.41) is 3.28. The zero-order valence-corrected chi connectivity index (χ0v) is 24.8. The fraction of sp³-hybridized carbons (Fsp3) is 0.286. The zero-order chi connectivity index (χ0) is 28.7. The minimum atomic E-state index is -0.246. The van der Waals surface area contributed by atoms with E-state index in [-0.39, 0.29) is 5.82 Å². The number of halogens is 1. The van der Waals surface area contributed by atoms with Crippen molar-refractivity contribution in [2.24, 2.45) is 0 Å². The summed E-state index contributed by atoms with van der Waals surface area (Å²) in [5.41, 5.74) is 3.14. The van der Waals surface area contributed by atoms with Crippen LogP contribution in [0.1, 0.15) is 36.8 Å². The largest absolute Gasteiger partial charge is 0.493 e. The lowest BCUT2D eigenvalue weighted by Gasteiger charge is -2.26. The molecule has 5 aromatic rings. The number of methoxy groups -OCH3 is 1. The van der Waals surface area contributed by atoms with Gasteiger partial charge in [0.1, 0.15) is 5.82 Å². The van der Waals surface area contributed by atoms with E-state index in [0.717, 1.165) is 40.0 Å². The van der Waals surface area contributed by atoms with Crippen LogP contribution in [0.4, 0.5) is 10.1 Å². The van der Waals surface area contributed by atoms with Gasteiger partial charge in [-0.15, -0.1) is 0 Å². The van der Waals surface area contributed by atoms with Crippen molar-refractivity contribution >= 4 is 39.3 Å². The number of hydrogen-bond donors (Lipinski definition) is 1. The Balaban J connectivity index is 1.13. The number of rotatable bonds is 11. The van der Waals surface area contributed by atoms with Crippen molar-refractivity contribution in [2.45, 2.75) is 37.0 Å². The van der Waals surface area contributed by atoms with Gasteiger partial charge in [0.2, 0.25) is 0 Å². The lowest BCUT2D eigenvalue weighted by atomic mass is 10.00. The van der Waals surface area contributed by atoms with Crippen LogP contribution in [0.2, 0.25) is 0 Å². The topological polar surface area (TPSA) is 46.6 Å². The molecule has 5 nitrogen and oxygen atoms in total. The van der Waals surface area contributed by atoms with E-state index in [9.17, 15) is 0 Å². The van der Waals surface area contributed by atoms with Crippen molar-refractivity contribution in [2.75, 3.05) is 38.1 Å². The minimum Gasteiger partial charge on any atom is -0.493 e.